The maximum atomic E-state index is 12.5. The Morgan fingerprint density at radius 2 is 0.868 bits per heavy atom. The van der Waals surface area contributed by atoms with Crippen LogP contribution in [0.2, 0.25) is 0 Å². The van der Waals surface area contributed by atoms with Crippen LogP contribution >= 0.6 is 0 Å². The summed E-state index contributed by atoms with van der Waals surface area (Å²) in [5.74, 6) is -4.65. The first-order valence-corrected chi connectivity index (χ1v) is 20.0. The molecule has 6 aromatic rings. The Balaban J connectivity index is 0.00000504. The Morgan fingerprint density at radius 1 is 0.426 bits per heavy atom. The maximum absolute atomic E-state index is 12.5. The number of hydrogen-bond donors (Lipinski definition) is 6. The molecule has 2 radical (unpaired) electrons. The number of rotatable bonds is 14. The molecule has 0 aliphatic heterocycles. The normalized spacial score (nSPS) is 11.9. The van der Waals surface area contributed by atoms with Gasteiger partial charge in [-0.1, -0.05) is 0 Å². The molecule has 0 spiro atoms. The number of hydrogen-bond acceptors (Lipinski definition) is 24. The summed E-state index contributed by atoms with van der Waals surface area (Å²) < 4.78 is 69.7. The van der Waals surface area contributed by atoms with Crippen molar-refractivity contribution in [2.75, 3.05) is 0 Å². The number of azo groups is 4. The number of phenols is 4. The minimum absolute atomic E-state index is 0. The quantitative estimate of drug-likeness (QED) is 0.0195. The summed E-state index contributed by atoms with van der Waals surface area (Å²) in [5.41, 5.74) is -8.32. The van der Waals surface area contributed by atoms with Gasteiger partial charge in [-0.05, 0) is 47.9 Å². The second kappa shape index (κ2) is 21.1. The van der Waals surface area contributed by atoms with Gasteiger partial charge in [0.2, 0.25) is 5.75 Å². The van der Waals surface area contributed by atoms with E-state index in [9.17, 15) is 86.8 Å². The molecule has 0 aromatic heterocycles. The number of non-ortho nitro benzene ring substituents is 3. The molecule has 0 heterocycles. The van der Waals surface area contributed by atoms with E-state index in [-0.39, 0.29) is 81.9 Å². The average Bonchev–Trinajstić information content (AvgIpc) is 3.24. The minimum Gasteiger partial charge on any atom is -0.505 e. The van der Waals surface area contributed by atoms with Gasteiger partial charge in [0.1, 0.15) is 27.6 Å². The second-order valence-electron chi connectivity index (χ2n) is 12.7. The van der Waals surface area contributed by atoms with Gasteiger partial charge in [0.05, 0.1) is 53.1 Å². The van der Waals surface area contributed by atoms with Gasteiger partial charge in [-0.3, -0.25) is 49.6 Å². The van der Waals surface area contributed by atoms with Gasteiger partial charge in [-0.15, -0.1) is 30.7 Å². The van der Waals surface area contributed by atoms with Gasteiger partial charge < -0.3 is 20.4 Å². The molecular weight excluding hydrogens is 975 g/mol. The molecule has 0 unspecified atom stereocenters. The predicted molar refractivity (Wildman–Crippen MR) is 231 cm³/mol. The number of phenolic OH excluding ortho intramolecular Hbond substituents is 4. The van der Waals surface area contributed by atoms with Crippen molar-refractivity contribution in [1.29, 1.82) is 0 Å². The van der Waals surface area contributed by atoms with Crippen molar-refractivity contribution in [3.8, 4) is 23.0 Å². The summed E-state index contributed by atoms with van der Waals surface area (Å²) in [7, 11) is -10.6. The van der Waals surface area contributed by atoms with Crippen LogP contribution < -0.4 is 0 Å². The van der Waals surface area contributed by atoms with Crippen LogP contribution in [0, 0.1) is 40.5 Å². The number of nitrogens with zero attached hydrogens (tertiary/aromatic N) is 12. The molecule has 30 nitrogen and oxygen atoms in total. The molecule has 0 fully saturated rings. The van der Waals surface area contributed by atoms with Gasteiger partial charge >= 0.3 is 5.69 Å². The van der Waals surface area contributed by atoms with E-state index in [0.29, 0.717) is 36.4 Å². The van der Waals surface area contributed by atoms with Crippen LogP contribution in [-0.2, 0) is 20.2 Å². The molecule has 34 heteroatoms. The van der Waals surface area contributed by atoms with Crippen LogP contribution in [0.5, 0.6) is 23.0 Å². The Labute approximate surface area is 420 Å². The first kappa shape index (κ1) is 53.2. The third-order valence-corrected chi connectivity index (χ3v) is 10.2. The fourth-order valence-electron chi connectivity index (χ4n) is 5.45. The molecule has 0 aliphatic carbocycles. The fourth-order valence-corrected chi connectivity index (χ4v) is 6.65. The Bertz CT molecular complexity index is 3430. The second-order valence-corrected chi connectivity index (χ2v) is 15.5. The molecule has 338 valence electrons. The molecule has 0 atom stereocenters. The number of nitro benzene ring substituents is 4. The fraction of sp³-hybridized carbons (Fsp3) is 0. The van der Waals surface area contributed by atoms with E-state index >= 15 is 0 Å². The zero-order valence-corrected chi connectivity index (χ0v) is 39.5. The van der Waals surface area contributed by atoms with Crippen LogP contribution in [0.25, 0.3) is 10.8 Å². The molecule has 0 amide bonds. The van der Waals surface area contributed by atoms with E-state index in [1.807, 2.05) is 0 Å². The molecule has 0 aliphatic rings. The van der Waals surface area contributed by atoms with E-state index in [2.05, 4.69) is 40.9 Å². The molecule has 0 saturated heterocycles. The van der Waals surface area contributed by atoms with Crippen LogP contribution in [0.15, 0.2) is 136 Å². The van der Waals surface area contributed by atoms with E-state index in [0.717, 1.165) is 48.5 Å². The smallest absolute Gasteiger partial charge is 0.319 e. The summed E-state index contributed by atoms with van der Waals surface area (Å²) in [5, 5.41) is 118. The largest absolute Gasteiger partial charge is 0.505 e. The van der Waals surface area contributed by atoms with E-state index in [4.69, 9.17) is 0 Å². The Morgan fingerprint density at radius 3 is 1.29 bits per heavy atom. The third kappa shape index (κ3) is 11.8. The predicted octanol–water partition coefficient (Wildman–Crippen LogP) is 8.69. The zero-order valence-electron chi connectivity index (χ0n) is 33.8. The van der Waals surface area contributed by atoms with Gasteiger partial charge in [-0.25, -0.2) is 0 Å². The number of fused-ring (bicyclic) bond motifs is 1. The van der Waals surface area contributed by atoms with Crippen LogP contribution in [0.4, 0.5) is 68.2 Å². The molecule has 0 saturated carbocycles. The topological polar surface area (TPSA) is 461 Å². The monoisotopic (exact) mass is 994 g/mol. The number of nitro groups is 4. The summed E-state index contributed by atoms with van der Waals surface area (Å²) in [4.78, 5) is 39.2. The molecule has 68 heavy (non-hydrogen) atoms. The minimum atomic E-state index is -5.36. The zero-order chi connectivity index (χ0) is 48.4. The van der Waals surface area contributed by atoms with Crippen molar-refractivity contribution in [3.63, 3.8) is 0 Å². The Hall–Kier alpha value is -7.40. The van der Waals surface area contributed by atoms with E-state index in [1.54, 1.807) is 0 Å². The van der Waals surface area contributed by atoms with E-state index < -0.39 is 129 Å². The molecule has 6 N–H and O–H groups in total. The summed E-state index contributed by atoms with van der Waals surface area (Å²) in [6.07, 6.45) is 0. The van der Waals surface area contributed by atoms with Gasteiger partial charge in [0.25, 0.3) is 37.3 Å². The number of benzene rings is 6. The van der Waals surface area contributed by atoms with Crippen molar-refractivity contribution in [3.05, 3.63) is 125 Å². The average molecular weight is 995 g/mol. The Kier molecular flexibility index (Phi) is 16.5. The third-order valence-electron chi connectivity index (χ3n) is 8.53. The van der Waals surface area contributed by atoms with Crippen molar-refractivity contribution >= 4 is 158 Å². The van der Waals surface area contributed by atoms with Crippen molar-refractivity contribution in [2.24, 2.45) is 40.9 Å². The standard InChI is InChI=1S/C34H20N12O18S2.2Na/c47-31-23(11-20(45(55)56)12-26(31)46(57)58)38-40-25-14-24(32(48)30(33(25)49)42-36-17-3-7-19(8-4-17)44(53)54)39-37-22-13-21(65(59,60)61)9-15-10-27(66(62,63)64)29(34(50)28(15)22)41-35-16-1-5-18(6-2-16)43(51)52;;/h1-14,47-50H,(H,59,60,61)(H,62,63,64);;. The van der Waals surface area contributed by atoms with Crippen LogP contribution in [-0.4, -0.2) is 125 Å². The number of aromatic hydroxyl groups is 4. The van der Waals surface area contributed by atoms with Gasteiger partial charge in [0.15, 0.2) is 22.9 Å². The van der Waals surface area contributed by atoms with Crippen molar-refractivity contribution < 1.29 is 66.1 Å². The van der Waals surface area contributed by atoms with Gasteiger partial charge in [-0.2, -0.15) is 27.1 Å². The van der Waals surface area contributed by atoms with Crippen molar-refractivity contribution in [1.82, 2.24) is 0 Å². The molecule has 0 bridgehead atoms. The first-order chi connectivity index (χ1) is 30.9. The van der Waals surface area contributed by atoms with Gasteiger partial charge in [0, 0.05) is 95.5 Å². The first-order valence-electron chi connectivity index (χ1n) is 17.1. The summed E-state index contributed by atoms with van der Waals surface area (Å²) in [6, 6.07) is 11.9. The van der Waals surface area contributed by atoms with Crippen LogP contribution in [0.1, 0.15) is 0 Å². The SMILES string of the molecule is O=[N+]([O-])c1ccc(N=Nc2c(O)c(N=Nc3cc([N+](=O)[O-])cc([N+](=O)[O-])c3O)cc(N=Nc3cc(S(=O)(=O)O)cc4cc(S(=O)(=O)O)c(N=Nc5ccc([N+](=O)[O-])cc5)c(O)c34)c2O)cc1.[Na].[Na]. The van der Waals surface area contributed by atoms with Crippen molar-refractivity contribution in [2.45, 2.75) is 9.79 Å². The molecular formula is C34H20N12Na2O18S2. The molecule has 6 aromatic carbocycles. The molecule has 6 rings (SSSR count). The van der Waals surface area contributed by atoms with Crippen LogP contribution in [0.3, 0.4) is 0 Å². The van der Waals surface area contributed by atoms with E-state index in [1.165, 1.54) is 0 Å². The summed E-state index contributed by atoms with van der Waals surface area (Å²) in [6.45, 7) is 0. The summed E-state index contributed by atoms with van der Waals surface area (Å²) >= 11 is 0. The maximum Gasteiger partial charge on any atom is 0.319 e.